The lowest BCUT2D eigenvalue weighted by Crippen LogP contribution is -2.50. The van der Waals surface area contributed by atoms with E-state index in [2.05, 4.69) is 5.32 Å². The number of benzene rings is 1. The Balaban J connectivity index is 2.99. The van der Waals surface area contributed by atoms with E-state index in [0.717, 1.165) is 0 Å². The number of carbonyl (C=O) groups is 2. The predicted molar refractivity (Wildman–Crippen MR) is 109 cm³/mol. The SMILES string of the molecule is CCN(CC)S(=O)(=O)c1ccc(C)c(C(=O)OCC(=O)N[C@@](C)(C#N)C(C)C)c1. The topological polar surface area (TPSA) is 117 Å². The van der Waals surface area contributed by atoms with Crippen LogP contribution in [0.2, 0.25) is 0 Å². The summed E-state index contributed by atoms with van der Waals surface area (Å²) in [6.07, 6.45) is 0. The molecule has 1 amide bonds. The van der Waals surface area contributed by atoms with Crippen LogP contribution >= 0.6 is 0 Å². The molecule has 0 radical (unpaired) electrons. The fraction of sp³-hybridized carbons (Fsp3) is 0.550. The summed E-state index contributed by atoms with van der Waals surface area (Å²) >= 11 is 0. The highest BCUT2D eigenvalue weighted by Crippen LogP contribution is 2.20. The van der Waals surface area contributed by atoms with Gasteiger partial charge in [-0.3, -0.25) is 4.79 Å². The summed E-state index contributed by atoms with van der Waals surface area (Å²) in [5, 5.41) is 11.8. The van der Waals surface area contributed by atoms with Crippen LogP contribution in [0, 0.1) is 24.2 Å². The van der Waals surface area contributed by atoms with Gasteiger partial charge in [0.2, 0.25) is 10.0 Å². The minimum Gasteiger partial charge on any atom is -0.452 e. The summed E-state index contributed by atoms with van der Waals surface area (Å²) in [6, 6.07) is 6.26. The number of hydrogen-bond donors (Lipinski definition) is 1. The molecule has 0 saturated heterocycles. The zero-order valence-corrected chi connectivity index (χ0v) is 18.6. The molecule has 1 N–H and O–H groups in total. The second kappa shape index (κ2) is 9.85. The first-order valence-electron chi connectivity index (χ1n) is 9.43. The maximum absolute atomic E-state index is 12.7. The maximum Gasteiger partial charge on any atom is 0.338 e. The molecule has 0 aliphatic rings. The fourth-order valence-electron chi connectivity index (χ4n) is 2.53. The van der Waals surface area contributed by atoms with Crippen molar-refractivity contribution in [2.75, 3.05) is 19.7 Å². The lowest BCUT2D eigenvalue weighted by atomic mass is 9.90. The number of nitriles is 1. The number of aryl methyl sites for hydroxylation is 1. The summed E-state index contributed by atoms with van der Waals surface area (Å²) < 4.78 is 31.7. The van der Waals surface area contributed by atoms with E-state index in [9.17, 15) is 23.3 Å². The molecule has 0 unspecified atom stereocenters. The van der Waals surface area contributed by atoms with Crippen LogP contribution in [-0.4, -0.2) is 49.8 Å². The van der Waals surface area contributed by atoms with E-state index >= 15 is 0 Å². The molecule has 0 spiro atoms. The first-order chi connectivity index (χ1) is 13.4. The molecule has 9 heteroatoms. The number of rotatable bonds is 9. The first kappa shape index (κ1) is 24.6. The third-order valence-corrected chi connectivity index (χ3v) is 6.94. The highest BCUT2D eigenvalue weighted by Gasteiger charge is 2.30. The Hall–Kier alpha value is -2.44. The zero-order valence-electron chi connectivity index (χ0n) is 17.8. The summed E-state index contributed by atoms with van der Waals surface area (Å²) in [4.78, 5) is 24.5. The van der Waals surface area contributed by atoms with Crippen LogP contribution in [0.25, 0.3) is 0 Å². The molecule has 8 nitrogen and oxygen atoms in total. The van der Waals surface area contributed by atoms with Gasteiger partial charge in [0.15, 0.2) is 6.61 Å². The predicted octanol–water partition coefficient (Wildman–Crippen LogP) is 2.24. The number of amides is 1. The average Bonchev–Trinajstić information content (AvgIpc) is 2.66. The lowest BCUT2D eigenvalue weighted by molar-refractivity contribution is -0.125. The van der Waals surface area contributed by atoms with Crippen molar-refractivity contribution in [3.05, 3.63) is 29.3 Å². The molecule has 29 heavy (non-hydrogen) atoms. The largest absolute Gasteiger partial charge is 0.452 e. The van der Waals surface area contributed by atoms with Gasteiger partial charge in [0, 0.05) is 13.1 Å². The van der Waals surface area contributed by atoms with Crippen LogP contribution < -0.4 is 5.32 Å². The van der Waals surface area contributed by atoms with Gasteiger partial charge in [0.1, 0.15) is 5.54 Å². The number of nitrogens with one attached hydrogen (secondary N) is 1. The quantitative estimate of drug-likeness (QED) is 0.609. The Morgan fingerprint density at radius 1 is 1.28 bits per heavy atom. The Morgan fingerprint density at radius 3 is 2.34 bits per heavy atom. The lowest BCUT2D eigenvalue weighted by Gasteiger charge is -2.27. The summed E-state index contributed by atoms with van der Waals surface area (Å²) in [5.41, 5.74) is -0.493. The highest BCUT2D eigenvalue weighted by molar-refractivity contribution is 7.89. The number of sulfonamides is 1. The van der Waals surface area contributed by atoms with E-state index in [1.54, 1.807) is 41.5 Å². The molecule has 0 heterocycles. The van der Waals surface area contributed by atoms with Crippen molar-refractivity contribution in [1.82, 2.24) is 9.62 Å². The van der Waals surface area contributed by atoms with Gasteiger partial charge in [-0.25, -0.2) is 13.2 Å². The first-order valence-corrected chi connectivity index (χ1v) is 10.9. The molecule has 0 aromatic heterocycles. The molecule has 1 aromatic carbocycles. The van der Waals surface area contributed by atoms with Crippen LogP contribution in [0.5, 0.6) is 0 Å². The van der Waals surface area contributed by atoms with Crippen LogP contribution in [0.15, 0.2) is 23.1 Å². The van der Waals surface area contributed by atoms with E-state index in [1.807, 2.05) is 6.07 Å². The van der Waals surface area contributed by atoms with Crippen LogP contribution in [0.1, 0.15) is 50.5 Å². The second-order valence-corrected chi connectivity index (χ2v) is 9.10. The van der Waals surface area contributed by atoms with Gasteiger partial charge < -0.3 is 10.1 Å². The van der Waals surface area contributed by atoms with Gasteiger partial charge in [-0.15, -0.1) is 0 Å². The van der Waals surface area contributed by atoms with E-state index in [1.165, 1.54) is 22.5 Å². The van der Waals surface area contributed by atoms with E-state index in [-0.39, 0.29) is 16.4 Å². The average molecular weight is 424 g/mol. The van der Waals surface area contributed by atoms with Crippen LogP contribution in [0.3, 0.4) is 0 Å². The third-order valence-electron chi connectivity index (χ3n) is 4.89. The fourth-order valence-corrected chi connectivity index (χ4v) is 4.01. The Kier molecular flexibility index (Phi) is 8.36. The normalized spacial score (nSPS) is 13.6. The molecule has 0 bridgehead atoms. The number of ether oxygens (including phenoxy) is 1. The third kappa shape index (κ3) is 5.78. The second-order valence-electron chi connectivity index (χ2n) is 7.16. The minimum absolute atomic E-state index is 0.0138. The Bertz CT molecular complexity index is 901. The smallest absolute Gasteiger partial charge is 0.338 e. The number of esters is 1. The summed E-state index contributed by atoms with van der Waals surface area (Å²) in [6.45, 7) is 10.3. The molecule has 1 aromatic rings. The molecule has 0 saturated carbocycles. The Morgan fingerprint density at radius 2 is 1.86 bits per heavy atom. The zero-order chi connectivity index (χ0) is 22.4. The molecule has 160 valence electrons. The maximum atomic E-state index is 12.7. The van der Waals surface area contributed by atoms with Gasteiger partial charge >= 0.3 is 5.97 Å². The molecular formula is C20H29N3O5S. The number of hydrogen-bond acceptors (Lipinski definition) is 6. The van der Waals surface area contributed by atoms with Crippen molar-refractivity contribution in [3.8, 4) is 6.07 Å². The number of carbonyl (C=O) groups excluding carboxylic acids is 2. The highest BCUT2D eigenvalue weighted by atomic mass is 32.2. The van der Waals surface area contributed by atoms with Crippen molar-refractivity contribution in [1.29, 1.82) is 5.26 Å². The van der Waals surface area contributed by atoms with Gasteiger partial charge in [0.05, 0.1) is 16.5 Å². The molecule has 0 fully saturated rings. The molecule has 1 atom stereocenters. The van der Waals surface area contributed by atoms with Crippen molar-refractivity contribution in [2.45, 2.75) is 52.0 Å². The van der Waals surface area contributed by atoms with Crippen molar-refractivity contribution in [3.63, 3.8) is 0 Å². The van der Waals surface area contributed by atoms with E-state index in [0.29, 0.717) is 18.7 Å². The molecule has 0 aliphatic carbocycles. The minimum atomic E-state index is -3.73. The standard InChI is InChI=1S/C20H29N3O5S/c1-7-23(8-2)29(26,27)16-10-9-15(5)17(11-16)19(25)28-12-18(24)22-20(6,13-21)14(3)4/h9-11,14H,7-8,12H2,1-6H3,(H,22,24)/t20-/m0/s1. The summed E-state index contributed by atoms with van der Waals surface area (Å²) in [7, 11) is -3.73. The molecular weight excluding hydrogens is 394 g/mol. The van der Waals surface area contributed by atoms with Crippen molar-refractivity contribution in [2.24, 2.45) is 5.92 Å². The number of nitrogens with zero attached hydrogens (tertiary/aromatic N) is 2. The van der Waals surface area contributed by atoms with Crippen molar-refractivity contribution < 1.29 is 22.7 Å². The molecule has 0 aliphatic heterocycles. The van der Waals surface area contributed by atoms with Crippen LogP contribution in [0.4, 0.5) is 0 Å². The van der Waals surface area contributed by atoms with E-state index < -0.39 is 34.0 Å². The van der Waals surface area contributed by atoms with Crippen molar-refractivity contribution >= 4 is 21.9 Å². The van der Waals surface area contributed by atoms with Gasteiger partial charge in [0.25, 0.3) is 5.91 Å². The molecule has 1 rings (SSSR count). The Labute approximate surface area is 172 Å². The monoisotopic (exact) mass is 423 g/mol. The van der Waals surface area contributed by atoms with Crippen LogP contribution in [-0.2, 0) is 19.6 Å². The van der Waals surface area contributed by atoms with Gasteiger partial charge in [-0.1, -0.05) is 33.8 Å². The van der Waals surface area contributed by atoms with Gasteiger partial charge in [-0.2, -0.15) is 9.57 Å². The van der Waals surface area contributed by atoms with Gasteiger partial charge in [-0.05, 0) is 37.5 Å². The van der Waals surface area contributed by atoms with E-state index in [4.69, 9.17) is 4.74 Å². The summed E-state index contributed by atoms with van der Waals surface area (Å²) in [5.74, 6) is -1.56.